The van der Waals surface area contributed by atoms with Crippen LogP contribution >= 0.6 is 0 Å². The third-order valence-electron chi connectivity index (χ3n) is 8.64. The summed E-state index contributed by atoms with van der Waals surface area (Å²) in [5, 5.41) is 0. The molecule has 0 bridgehead atoms. The highest BCUT2D eigenvalue weighted by Gasteiger charge is 2.44. The van der Waals surface area contributed by atoms with E-state index in [0.29, 0.717) is 62.3 Å². The Kier molecular flexibility index (Phi) is 10.1. The number of alkyl halides is 5. The van der Waals surface area contributed by atoms with Crippen LogP contribution in [0.4, 0.5) is 26.3 Å². The SMILES string of the molecule is CC1CCC(C(F)(F)OC2CCC(/C=C/C3CCC(C(=O)Oc4ccc(OC(F)(F)F)c(F)c4)CC3)CC2)CC1. The molecule has 224 valence electrons. The Hall–Kier alpha value is -2.23. The molecule has 3 aliphatic rings. The van der Waals surface area contributed by atoms with Crippen molar-refractivity contribution in [3.8, 4) is 11.5 Å². The molecule has 0 heterocycles. The Morgan fingerprint density at radius 2 is 1.40 bits per heavy atom. The highest BCUT2D eigenvalue weighted by molar-refractivity contribution is 5.75. The fourth-order valence-corrected chi connectivity index (χ4v) is 6.13. The molecule has 0 unspecified atom stereocenters. The summed E-state index contributed by atoms with van der Waals surface area (Å²) in [5.41, 5.74) is 0. The molecule has 0 saturated heterocycles. The number of hydrogen-bond acceptors (Lipinski definition) is 4. The van der Waals surface area contributed by atoms with Gasteiger partial charge < -0.3 is 14.2 Å². The maximum Gasteiger partial charge on any atom is 0.573 e. The lowest BCUT2D eigenvalue weighted by atomic mass is 9.80. The smallest absolute Gasteiger partial charge is 0.426 e. The number of benzene rings is 1. The van der Waals surface area contributed by atoms with E-state index in [9.17, 15) is 31.1 Å². The minimum atomic E-state index is -5.02. The zero-order valence-corrected chi connectivity index (χ0v) is 22.7. The lowest BCUT2D eigenvalue weighted by molar-refractivity contribution is -0.301. The van der Waals surface area contributed by atoms with Gasteiger partial charge >= 0.3 is 18.4 Å². The third kappa shape index (κ3) is 8.88. The van der Waals surface area contributed by atoms with Crippen LogP contribution in [-0.4, -0.2) is 24.5 Å². The van der Waals surface area contributed by atoms with Crippen molar-refractivity contribution < 1.29 is 45.3 Å². The van der Waals surface area contributed by atoms with E-state index in [1.807, 2.05) is 0 Å². The Labute approximate surface area is 231 Å². The lowest BCUT2D eigenvalue weighted by Crippen LogP contribution is -2.38. The average molecular weight is 577 g/mol. The van der Waals surface area contributed by atoms with Crippen LogP contribution < -0.4 is 9.47 Å². The van der Waals surface area contributed by atoms with Crippen LogP contribution in [0.5, 0.6) is 11.5 Å². The number of halogens is 6. The van der Waals surface area contributed by atoms with Crippen molar-refractivity contribution in [2.45, 2.75) is 103 Å². The Bertz CT molecular complexity index is 1000. The molecule has 0 N–H and O–H groups in total. The highest BCUT2D eigenvalue weighted by Crippen LogP contribution is 2.42. The second kappa shape index (κ2) is 13.2. The maximum absolute atomic E-state index is 14.7. The van der Waals surface area contributed by atoms with Crippen molar-refractivity contribution in [1.82, 2.24) is 0 Å². The molecule has 0 aliphatic heterocycles. The molecule has 4 nitrogen and oxygen atoms in total. The molecule has 0 aromatic heterocycles. The van der Waals surface area contributed by atoms with Crippen LogP contribution in [0, 0.1) is 35.4 Å². The summed E-state index contributed by atoms with van der Waals surface area (Å²) < 4.78 is 94.2. The molecule has 1 aromatic carbocycles. The number of carbonyl (C=O) groups is 1. The fourth-order valence-electron chi connectivity index (χ4n) is 6.13. The second-order valence-electron chi connectivity index (χ2n) is 11.7. The summed E-state index contributed by atoms with van der Waals surface area (Å²) in [7, 11) is 0. The molecule has 3 aliphatic carbocycles. The first-order valence-corrected chi connectivity index (χ1v) is 14.4. The quantitative estimate of drug-likeness (QED) is 0.134. The Balaban J connectivity index is 1.16. The first kappa shape index (κ1) is 30.7. The van der Waals surface area contributed by atoms with Gasteiger partial charge in [0, 0.05) is 6.07 Å². The van der Waals surface area contributed by atoms with Crippen molar-refractivity contribution in [1.29, 1.82) is 0 Å². The van der Waals surface area contributed by atoms with Gasteiger partial charge in [0.25, 0.3) is 0 Å². The van der Waals surface area contributed by atoms with Crippen molar-refractivity contribution >= 4 is 5.97 Å². The van der Waals surface area contributed by atoms with E-state index in [1.165, 1.54) is 0 Å². The summed E-state index contributed by atoms with van der Waals surface area (Å²) in [6.07, 6.45) is 4.17. The minimum absolute atomic E-state index is 0.176. The number of hydrogen-bond donors (Lipinski definition) is 0. The largest absolute Gasteiger partial charge is 0.573 e. The molecule has 0 radical (unpaired) electrons. The van der Waals surface area contributed by atoms with Crippen molar-refractivity contribution in [2.24, 2.45) is 29.6 Å². The van der Waals surface area contributed by atoms with Gasteiger partial charge in [0.2, 0.25) is 0 Å². The van der Waals surface area contributed by atoms with Gasteiger partial charge in [-0.15, -0.1) is 13.2 Å². The monoisotopic (exact) mass is 576 g/mol. The molecule has 40 heavy (non-hydrogen) atoms. The molecule has 4 rings (SSSR count). The van der Waals surface area contributed by atoms with Gasteiger partial charge in [-0.05, 0) is 94.1 Å². The summed E-state index contributed by atoms with van der Waals surface area (Å²) in [6.45, 7) is 2.11. The molecular weight excluding hydrogens is 538 g/mol. The number of rotatable bonds is 8. The van der Waals surface area contributed by atoms with Crippen LogP contribution in [0.2, 0.25) is 0 Å². The predicted octanol–water partition coefficient (Wildman–Crippen LogP) is 8.99. The Morgan fingerprint density at radius 3 is 1.95 bits per heavy atom. The van der Waals surface area contributed by atoms with Crippen LogP contribution in [0.15, 0.2) is 30.4 Å². The molecule has 0 amide bonds. The molecule has 0 spiro atoms. The summed E-state index contributed by atoms with van der Waals surface area (Å²) in [5.74, 6) is -2.89. The first-order chi connectivity index (χ1) is 18.9. The molecule has 1 aromatic rings. The van der Waals surface area contributed by atoms with Crippen molar-refractivity contribution in [3.05, 3.63) is 36.2 Å². The normalized spacial score (nSPS) is 30.3. The maximum atomic E-state index is 14.7. The van der Waals surface area contributed by atoms with E-state index in [1.54, 1.807) is 0 Å². The minimum Gasteiger partial charge on any atom is -0.426 e. The first-order valence-electron chi connectivity index (χ1n) is 14.4. The summed E-state index contributed by atoms with van der Waals surface area (Å²) >= 11 is 0. The Morgan fingerprint density at radius 1 is 0.825 bits per heavy atom. The second-order valence-corrected chi connectivity index (χ2v) is 11.7. The topological polar surface area (TPSA) is 44.8 Å². The van der Waals surface area contributed by atoms with Gasteiger partial charge in [0.15, 0.2) is 11.6 Å². The van der Waals surface area contributed by atoms with Crippen molar-refractivity contribution in [3.63, 3.8) is 0 Å². The van der Waals surface area contributed by atoms with E-state index in [0.717, 1.165) is 50.7 Å². The molecule has 0 atom stereocenters. The van der Waals surface area contributed by atoms with Gasteiger partial charge in [-0.1, -0.05) is 31.9 Å². The van der Waals surface area contributed by atoms with Crippen LogP contribution in [0.25, 0.3) is 0 Å². The highest BCUT2D eigenvalue weighted by atomic mass is 19.4. The zero-order chi connectivity index (χ0) is 28.9. The van der Waals surface area contributed by atoms with E-state index in [4.69, 9.17) is 9.47 Å². The van der Waals surface area contributed by atoms with Gasteiger partial charge in [0.1, 0.15) is 5.75 Å². The standard InChI is InChI=1S/C30H38F6O4/c1-19-2-12-23(13-3-19)29(32,33)39-24-14-8-21(9-15-24)5-4-20-6-10-22(11-7-20)28(37)38-25-16-17-27(26(31)18-25)40-30(34,35)36/h4-5,16-24H,2-3,6-15H2,1H3/b5-4+. The third-order valence-corrected chi connectivity index (χ3v) is 8.64. The molecular formula is C30H38F6O4. The molecule has 3 fully saturated rings. The van der Waals surface area contributed by atoms with Crippen LogP contribution in [0.3, 0.4) is 0 Å². The number of ether oxygens (including phenoxy) is 3. The number of carbonyl (C=O) groups excluding carboxylic acids is 1. The lowest BCUT2D eigenvalue weighted by Gasteiger charge is -2.36. The van der Waals surface area contributed by atoms with E-state index in [-0.39, 0.29) is 11.7 Å². The van der Waals surface area contributed by atoms with Crippen LogP contribution in [0.1, 0.15) is 84.0 Å². The molecule has 3 saturated carbocycles. The van der Waals surface area contributed by atoms with Crippen molar-refractivity contribution in [2.75, 3.05) is 0 Å². The van der Waals surface area contributed by atoms with Gasteiger partial charge in [-0.3, -0.25) is 4.79 Å². The fraction of sp³-hybridized carbons (Fsp3) is 0.700. The van der Waals surface area contributed by atoms with E-state index in [2.05, 4.69) is 23.8 Å². The van der Waals surface area contributed by atoms with E-state index < -0.39 is 42.0 Å². The van der Waals surface area contributed by atoms with E-state index >= 15 is 0 Å². The number of esters is 1. The average Bonchev–Trinajstić information content (AvgIpc) is 2.89. The van der Waals surface area contributed by atoms with Gasteiger partial charge in [-0.2, -0.15) is 8.78 Å². The van der Waals surface area contributed by atoms with Crippen LogP contribution in [-0.2, 0) is 9.53 Å². The number of allylic oxidation sites excluding steroid dienone is 2. The predicted molar refractivity (Wildman–Crippen MR) is 136 cm³/mol. The summed E-state index contributed by atoms with van der Waals surface area (Å²) in [6, 6.07) is 2.54. The summed E-state index contributed by atoms with van der Waals surface area (Å²) in [4.78, 5) is 12.5. The molecule has 10 heteroatoms. The van der Waals surface area contributed by atoms with Gasteiger partial charge in [0.05, 0.1) is 17.9 Å². The zero-order valence-electron chi connectivity index (χ0n) is 22.7. The van der Waals surface area contributed by atoms with Gasteiger partial charge in [-0.25, -0.2) is 4.39 Å².